The van der Waals surface area contributed by atoms with Crippen LogP contribution in [0.5, 0.6) is 11.5 Å². The number of rotatable bonds is 4. The summed E-state index contributed by atoms with van der Waals surface area (Å²) in [6.07, 6.45) is 0. The zero-order chi connectivity index (χ0) is 17.1. The van der Waals surface area contributed by atoms with Crippen LogP contribution in [-0.4, -0.2) is 24.4 Å². The number of hydrogen-bond acceptors (Lipinski definition) is 4. The second-order valence-electron chi connectivity index (χ2n) is 5.18. The molecular formula is C17H15F2NO3S. The van der Waals surface area contributed by atoms with Crippen LogP contribution in [0.2, 0.25) is 0 Å². The first-order valence-electron chi connectivity index (χ1n) is 7.35. The molecule has 24 heavy (non-hydrogen) atoms. The number of hydrogen-bond donors (Lipinski definition) is 1. The molecule has 4 nitrogen and oxygen atoms in total. The maximum absolute atomic E-state index is 13.7. The van der Waals surface area contributed by atoms with E-state index in [0.29, 0.717) is 30.4 Å². The Balaban J connectivity index is 1.65. The van der Waals surface area contributed by atoms with Gasteiger partial charge in [-0.3, -0.25) is 4.79 Å². The van der Waals surface area contributed by atoms with Gasteiger partial charge in [-0.2, -0.15) is 0 Å². The summed E-state index contributed by atoms with van der Waals surface area (Å²) in [4.78, 5) is 12.5. The zero-order valence-electron chi connectivity index (χ0n) is 12.8. The van der Waals surface area contributed by atoms with Gasteiger partial charge in [0.2, 0.25) is 5.91 Å². The second-order valence-corrected chi connectivity index (χ2v) is 6.57. The normalized spacial score (nSPS) is 14.1. The highest BCUT2D eigenvalue weighted by atomic mass is 32.2. The van der Waals surface area contributed by atoms with Crippen LogP contribution >= 0.6 is 11.8 Å². The first-order chi connectivity index (χ1) is 11.5. The third kappa shape index (κ3) is 3.79. The summed E-state index contributed by atoms with van der Waals surface area (Å²) in [5, 5.41) is 2.19. The van der Waals surface area contributed by atoms with Crippen molar-refractivity contribution in [1.29, 1.82) is 0 Å². The number of nitrogens with one attached hydrogen (secondary N) is 1. The number of ether oxygens (including phenoxy) is 2. The number of anilines is 1. The fourth-order valence-electron chi connectivity index (χ4n) is 2.18. The van der Waals surface area contributed by atoms with Crippen molar-refractivity contribution in [1.82, 2.24) is 0 Å². The molecule has 0 spiro atoms. The van der Waals surface area contributed by atoms with Crippen LogP contribution in [0.15, 0.2) is 41.3 Å². The van der Waals surface area contributed by atoms with Gasteiger partial charge in [0.05, 0.1) is 5.25 Å². The number of fused-ring (bicyclic) bond motifs is 1. The predicted octanol–water partition coefficient (Wildman–Crippen LogP) is 3.86. The van der Waals surface area contributed by atoms with E-state index in [0.717, 1.165) is 23.9 Å². The minimum absolute atomic E-state index is 0.223. The lowest BCUT2D eigenvalue weighted by Crippen LogP contribution is -2.23. The third-order valence-electron chi connectivity index (χ3n) is 3.38. The third-order valence-corrected chi connectivity index (χ3v) is 4.53. The lowest BCUT2D eigenvalue weighted by atomic mass is 10.2. The molecule has 7 heteroatoms. The van der Waals surface area contributed by atoms with Crippen LogP contribution in [0, 0.1) is 11.6 Å². The quantitative estimate of drug-likeness (QED) is 0.850. The van der Waals surface area contributed by atoms with Crippen molar-refractivity contribution in [2.45, 2.75) is 17.1 Å². The Labute approximate surface area is 142 Å². The van der Waals surface area contributed by atoms with Crippen molar-refractivity contribution in [2.24, 2.45) is 0 Å². The summed E-state index contributed by atoms with van der Waals surface area (Å²) >= 11 is 1.03. The Morgan fingerprint density at radius 2 is 1.88 bits per heavy atom. The Kier molecular flexibility index (Phi) is 4.89. The molecule has 0 fully saturated rings. The Morgan fingerprint density at radius 1 is 1.12 bits per heavy atom. The van der Waals surface area contributed by atoms with Crippen molar-refractivity contribution < 1.29 is 23.0 Å². The summed E-state index contributed by atoms with van der Waals surface area (Å²) in [6.45, 7) is 2.61. The standard InChI is InChI=1S/C17H15F2NO3S/c1-10(24-16-5-2-11(18)8-13(16)19)17(21)20-12-3-4-14-15(9-12)23-7-6-22-14/h2-5,8-10H,6-7H2,1H3,(H,20,21)/t10-/m0/s1. The Morgan fingerprint density at radius 3 is 2.62 bits per heavy atom. The van der Waals surface area contributed by atoms with E-state index in [4.69, 9.17) is 9.47 Å². The van der Waals surface area contributed by atoms with E-state index in [-0.39, 0.29) is 10.8 Å². The molecule has 0 radical (unpaired) electrons. The van der Waals surface area contributed by atoms with Gasteiger partial charge < -0.3 is 14.8 Å². The van der Waals surface area contributed by atoms with Crippen molar-refractivity contribution in [3.63, 3.8) is 0 Å². The van der Waals surface area contributed by atoms with Crippen molar-refractivity contribution in [2.75, 3.05) is 18.5 Å². The first kappa shape index (κ1) is 16.6. The minimum atomic E-state index is -0.682. The zero-order valence-corrected chi connectivity index (χ0v) is 13.7. The lowest BCUT2D eigenvalue weighted by Gasteiger charge is -2.19. The van der Waals surface area contributed by atoms with Crippen molar-refractivity contribution in [3.8, 4) is 11.5 Å². The molecule has 1 amide bonds. The molecule has 126 valence electrons. The number of halogens is 2. The molecule has 0 saturated heterocycles. The van der Waals surface area contributed by atoms with Gasteiger partial charge in [-0.15, -0.1) is 11.8 Å². The Bertz CT molecular complexity index is 769. The van der Waals surface area contributed by atoms with Gasteiger partial charge in [0.25, 0.3) is 0 Å². The van der Waals surface area contributed by atoms with Crippen molar-refractivity contribution >= 4 is 23.4 Å². The summed E-state index contributed by atoms with van der Waals surface area (Å²) in [6, 6.07) is 8.40. The van der Waals surface area contributed by atoms with E-state index < -0.39 is 16.9 Å². The molecule has 0 aliphatic carbocycles. The minimum Gasteiger partial charge on any atom is -0.486 e. The molecule has 0 bridgehead atoms. The van der Waals surface area contributed by atoms with Gasteiger partial charge in [0.15, 0.2) is 11.5 Å². The smallest absolute Gasteiger partial charge is 0.237 e. The van der Waals surface area contributed by atoms with E-state index in [2.05, 4.69) is 5.32 Å². The van der Waals surface area contributed by atoms with Crippen LogP contribution in [0.3, 0.4) is 0 Å². The molecule has 0 unspecified atom stereocenters. The van der Waals surface area contributed by atoms with E-state index in [1.165, 1.54) is 6.07 Å². The molecule has 1 heterocycles. The number of amides is 1. The first-order valence-corrected chi connectivity index (χ1v) is 8.23. The number of carbonyl (C=O) groups is 1. The fourth-order valence-corrected chi connectivity index (χ4v) is 3.04. The summed E-state index contributed by atoms with van der Waals surface area (Å²) in [5.74, 6) is -0.413. The van der Waals surface area contributed by atoms with E-state index in [9.17, 15) is 13.6 Å². The topological polar surface area (TPSA) is 47.6 Å². The molecule has 0 saturated carbocycles. The molecule has 3 rings (SSSR count). The summed E-state index contributed by atoms with van der Waals surface area (Å²) in [7, 11) is 0. The van der Waals surface area contributed by atoms with Crippen LogP contribution in [0.1, 0.15) is 6.92 Å². The fraction of sp³-hybridized carbons (Fsp3) is 0.235. The molecule has 1 atom stereocenters. The van der Waals surface area contributed by atoms with Gasteiger partial charge in [0.1, 0.15) is 24.8 Å². The van der Waals surface area contributed by atoms with Crippen molar-refractivity contribution in [3.05, 3.63) is 48.0 Å². The molecule has 2 aromatic rings. The Hall–Kier alpha value is -2.28. The number of carbonyl (C=O) groups excluding carboxylic acids is 1. The predicted molar refractivity (Wildman–Crippen MR) is 87.7 cm³/mol. The lowest BCUT2D eigenvalue weighted by molar-refractivity contribution is -0.115. The molecule has 2 aromatic carbocycles. The largest absolute Gasteiger partial charge is 0.486 e. The van der Waals surface area contributed by atoms with E-state index in [1.807, 2.05) is 0 Å². The molecule has 1 aliphatic heterocycles. The van der Waals surface area contributed by atoms with Crippen LogP contribution in [0.25, 0.3) is 0 Å². The van der Waals surface area contributed by atoms with Gasteiger partial charge >= 0.3 is 0 Å². The monoisotopic (exact) mass is 351 g/mol. The van der Waals surface area contributed by atoms with Gasteiger partial charge in [-0.25, -0.2) is 8.78 Å². The average Bonchev–Trinajstić information content (AvgIpc) is 2.57. The number of thioether (sulfide) groups is 1. The maximum atomic E-state index is 13.7. The highest BCUT2D eigenvalue weighted by Gasteiger charge is 2.18. The van der Waals surface area contributed by atoms with Crippen LogP contribution < -0.4 is 14.8 Å². The summed E-state index contributed by atoms with van der Waals surface area (Å²) in [5.41, 5.74) is 0.566. The average molecular weight is 351 g/mol. The van der Waals surface area contributed by atoms with Gasteiger partial charge in [-0.1, -0.05) is 0 Å². The SMILES string of the molecule is C[C@H](Sc1ccc(F)cc1F)C(=O)Nc1ccc2c(c1)OCCO2. The van der Waals surface area contributed by atoms with Crippen LogP contribution in [-0.2, 0) is 4.79 Å². The van der Waals surface area contributed by atoms with Gasteiger partial charge in [-0.05, 0) is 31.2 Å². The highest BCUT2D eigenvalue weighted by Crippen LogP contribution is 2.33. The van der Waals surface area contributed by atoms with E-state index in [1.54, 1.807) is 25.1 Å². The van der Waals surface area contributed by atoms with Crippen LogP contribution in [0.4, 0.5) is 14.5 Å². The molecule has 1 N–H and O–H groups in total. The van der Waals surface area contributed by atoms with Gasteiger partial charge in [0, 0.05) is 22.7 Å². The maximum Gasteiger partial charge on any atom is 0.237 e. The molecule has 0 aromatic heterocycles. The highest BCUT2D eigenvalue weighted by molar-refractivity contribution is 8.00. The summed E-state index contributed by atoms with van der Waals surface area (Å²) < 4.78 is 37.5. The van der Waals surface area contributed by atoms with E-state index >= 15 is 0 Å². The molecular weight excluding hydrogens is 336 g/mol. The molecule has 1 aliphatic rings. The second kappa shape index (κ2) is 7.09. The number of benzene rings is 2.